The third-order valence-electron chi connectivity index (χ3n) is 10.9. The summed E-state index contributed by atoms with van der Waals surface area (Å²) in [6.45, 7) is 16.4. The molecule has 176 valence electrons. The third-order valence-corrected chi connectivity index (χ3v) is 10.9. The standard InChI is InChI=1S/C29H48O2/c1-18(2)16-20(30)17-19(3)22-9-10-23-21-8-11-25-27(4,5)26(31)13-15-29(25,7)24(21)12-14-28(22,23)6/h11,18-19,21-24,26,31H,8-10,12-17H2,1-7H3/t19-,21+,22-,23+,24+,26-,28-,29-/m1/s1. The van der Waals surface area contributed by atoms with Gasteiger partial charge in [0.15, 0.2) is 0 Å². The van der Waals surface area contributed by atoms with Gasteiger partial charge < -0.3 is 5.11 Å². The van der Waals surface area contributed by atoms with Crippen LogP contribution in [0.2, 0.25) is 0 Å². The predicted molar refractivity (Wildman–Crippen MR) is 129 cm³/mol. The number of carbonyl (C=O) groups excluding carboxylic acids is 1. The van der Waals surface area contributed by atoms with Crippen LogP contribution in [-0.2, 0) is 4.79 Å². The van der Waals surface area contributed by atoms with Crippen LogP contribution >= 0.6 is 0 Å². The molecule has 4 rings (SSSR count). The molecule has 8 atom stereocenters. The first-order valence-electron chi connectivity index (χ1n) is 13.3. The lowest BCUT2D eigenvalue weighted by atomic mass is 9.44. The fourth-order valence-corrected chi connectivity index (χ4v) is 9.41. The summed E-state index contributed by atoms with van der Waals surface area (Å²) in [4.78, 5) is 12.6. The molecule has 4 aliphatic carbocycles. The normalized spacial score (nSPS) is 44.8. The molecule has 0 aliphatic heterocycles. The Morgan fingerprint density at radius 3 is 2.39 bits per heavy atom. The minimum Gasteiger partial charge on any atom is -0.392 e. The van der Waals surface area contributed by atoms with Gasteiger partial charge in [-0.1, -0.05) is 60.1 Å². The van der Waals surface area contributed by atoms with Crippen molar-refractivity contribution < 1.29 is 9.90 Å². The average Bonchev–Trinajstić information content (AvgIpc) is 3.02. The number of fused-ring (bicyclic) bond motifs is 5. The summed E-state index contributed by atoms with van der Waals surface area (Å²) in [7, 11) is 0. The molecule has 2 heteroatoms. The van der Waals surface area contributed by atoms with Gasteiger partial charge in [-0.2, -0.15) is 0 Å². The second-order valence-electron chi connectivity index (χ2n) is 13.5. The summed E-state index contributed by atoms with van der Waals surface area (Å²) < 4.78 is 0. The monoisotopic (exact) mass is 428 g/mol. The predicted octanol–water partition coefficient (Wildman–Crippen LogP) is 7.20. The maximum absolute atomic E-state index is 12.6. The molecular formula is C29H48O2. The molecule has 0 spiro atoms. The van der Waals surface area contributed by atoms with E-state index in [0.717, 1.165) is 43.4 Å². The van der Waals surface area contributed by atoms with Crippen LogP contribution in [-0.4, -0.2) is 17.0 Å². The van der Waals surface area contributed by atoms with E-state index in [2.05, 4.69) is 54.5 Å². The highest BCUT2D eigenvalue weighted by atomic mass is 16.3. The van der Waals surface area contributed by atoms with E-state index in [4.69, 9.17) is 0 Å². The highest BCUT2D eigenvalue weighted by Crippen LogP contribution is 2.68. The van der Waals surface area contributed by atoms with E-state index < -0.39 is 0 Å². The minimum absolute atomic E-state index is 0.0811. The SMILES string of the molecule is CC(C)CC(=O)C[C@@H](C)[C@H]1CC[C@H]2[C@@H]3CC=C4C(C)(C)[C@H](O)CC[C@]4(C)[C@H]3CC[C@]12C. The van der Waals surface area contributed by atoms with E-state index in [1.165, 1.54) is 32.1 Å². The van der Waals surface area contributed by atoms with Crippen LogP contribution in [0.4, 0.5) is 0 Å². The number of hydrogen-bond acceptors (Lipinski definition) is 2. The van der Waals surface area contributed by atoms with Crippen LogP contribution in [0.1, 0.15) is 106 Å². The number of Topliss-reactive ketones (excluding diaryl/α,β-unsaturated/α-hetero) is 1. The summed E-state index contributed by atoms with van der Waals surface area (Å²) in [6.07, 6.45) is 12.5. The number of ketones is 1. The first-order chi connectivity index (χ1) is 14.4. The highest BCUT2D eigenvalue weighted by molar-refractivity contribution is 5.78. The van der Waals surface area contributed by atoms with Gasteiger partial charge in [-0.15, -0.1) is 0 Å². The van der Waals surface area contributed by atoms with Crippen molar-refractivity contribution in [1.29, 1.82) is 0 Å². The second-order valence-corrected chi connectivity index (χ2v) is 13.5. The smallest absolute Gasteiger partial charge is 0.133 e. The Labute approximate surface area is 191 Å². The van der Waals surface area contributed by atoms with Gasteiger partial charge in [0.1, 0.15) is 5.78 Å². The Morgan fingerprint density at radius 2 is 1.71 bits per heavy atom. The molecule has 0 unspecified atom stereocenters. The van der Waals surface area contributed by atoms with Gasteiger partial charge in [-0.05, 0) is 91.3 Å². The topological polar surface area (TPSA) is 37.3 Å². The molecule has 0 aromatic rings. The van der Waals surface area contributed by atoms with Crippen molar-refractivity contribution in [3.63, 3.8) is 0 Å². The van der Waals surface area contributed by atoms with Crippen molar-refractivity contribution in [2.45, 2.75) is 112 Å². The van der Waals surface area contributed by atoms with Crippen molar-refractivity contribution in [2.24, 2.45) is 51.8 Å². The van der Waals surface area contributed by atoms with Crippen molar-refractivity contribution >= 4 is 5.78 Å². The van der Waals surface area contributed by atoms with E-state index >= 15 is 0 Å². The van der Waals surface area contributed by atoms with Crippen LogP contribution in [0.25, 0.3) is 0 Å². The molecule has 0 aromatic heterocycles. The summed E-state index contributed by atoms with van der Waals surface area (Å²) in [5.41, 5.74) is 2.15. The Bertz CT molecular complexity index is 733. The van der Waals surface area contributed by atoms with Crippen molar-refractivity contribution in [3.05, 3.63) is 11.6 Å². The van der Waals surface area contributed by atoms with Crippen molar-refractivity contribution in [3.8, 4) is 0 Å². The van der Waals surface area contributed by atoms with E-state index in [0.29, 0.717) is 29.0 Å². The van der Waals surface area contributed by atoms with E-state index in [1.807, 2.05) is 0 Å². The highest BCUT2D eigenvalue weighted by Gasteiger charge is 2.61. The summed E-state index contributed by atoms with van der Waals surface area (Å²) in [5.74, 6) is 4.55. The fourth-order valence-electron chi connectivity index (χ4n) is 9.41. The van der Waals surface area contributed by atoms with Crippen LogP contribution in [0.15, 0.2) is 11.6 Å². The lowest BCUT2D eigenvalue weighted by Gasteiger charge is -2.61. The van der Waals surface area contributed by atoms with E-state index in [9.17, 15) is 9.90 Å². The average molecular weight is 429 g/mol. The summed E-state index contributed by atoms with van der Waals surface area (Å²) in [6, 6.07) is 0. The van der Waals surface area contributed by atoms with Gasteiger partial charge in [-0.3, -0.25) is 4.79 Å². The van der Waals surface area contributed by atoms with Gasteiger partial charge >= 0.3 is 0 Å². The number of rotatable bonds is 5. The Balaban J connectivity index is 1.55. The quantitative estimate of drug-likeness (QED) is 0.470. The third kappa shape index (κ3) is 3.68. The number of aliphatic hydroxyl groups excluding tert-OH is 1. The Morgan fingerprint density at radius 1 is 1.00 bits per heavy atom. The van der Waals surface area contributed by atoms with Crippen LogP contribution in [0, 0.1) is 51.8 Å². The molecule has 3 fully saturated rings. The van der Waals surface area contributed by atoms with Crippen LogP contribution in [0.3, 0.4) is 0 Å². The number of aliphatic hydroxyl groups is 1. The maximum Gasteiger partial charge on any atom is 0.133 e. The van der Waals surface area contributed by atoms with Crippen LogP contribution < -0.4 is 0 Å². The Hall–Kier alpha value is -0.630. The molecule has 0 radical (unpaired) electrons. The van der Waals surface area contributed by atoms with Gasteiger partial charge in [-0.25, -0.2) is 0 Å². The number of carbonyl (C=O) groups is 1. The molecule has 0 aromatic carbocycles. The van der Waals surface area contributed by atoms with E-state index in [1.54, 1.807) is 5.57 Å². The molecule has 4 aliphatic rings. The lowest BCUT2D eigenvalue weighted by Crippen LogP contribution is -2.54. The summed E-state index contributed by atoms with van der Waals surface area (Å²) >= 11 is 0. The molecule has 3 saturated carbocycles. The van der Waals surface area contributed by atoms with Gasteiger partial charge in [0.25, 0.3) is 0 Å². The van der Waals surface area contributed by atoms with Gasteiger partial charge in [0.2, 0.25) is 0 Å². The zero-order valence-electron chi connectivity index (χ0n) is 21.3. The van der Waals surface area contributed by atoms with Crippen molar-refractivity contribution in [1.82, 2.24) is 0 Å². The molecule has 31 heavy (non-hydrogen) atoms. The zero-order valence-corrected chi connectivity index (χ0v) is 21.3. The van der Waals surface area contributed by atoms with E-state index in [-0.39, 0.29) is 16.9 Å². The maximum atomic E-state index is 12.6. The molecule has 1 N–H and O–H groups in total. The fraction of sp³-hybridized carbons (Fsp3) is 0.897. The largest absolute Gasteiger partial charge is 0.392 e. The molecule has 0 amide bonds. The number of allylic oxidation sites excluding steroid dienone is 1. The van der Waals surface area contributed by atoms with Gasteiger partial charge in [0.05, 0.1) is 6.10 Å². The lowest BCUT2D eigenvalue weighted by molar-refractivity contribution is -0.121. The Kier molecular flexibility index (Phi) is 6.07. The summed E-state index contributed by atoms with van der Waals surface area (Å²) in [5, 5.41) is 10.7. The second kappa shape index (κ2) is 8.00. The molecular weight excluding hydrogens is 380 g/mol. The molecule has 2 nitrogen and oxygen atoms in total. The molecule has 0 heterocycles. The van der Waals surface area contributed by atoms with Crippen LogP contribution in [0.5, 0.6) is 0 Å². The minimum atomic E-state index is -0.197. The zero-order chi connectivity index (χ0) is 22.8. The first kappa shape index (κ1) is 23.5. The molecule has 0 saturated heterocycles. The number of hydrogen-bond donors (Lipinski definition) is 1. The molecule has 0 bridgehead atoms. The van der Waals surface area contributed by atoms with Crippen molar-refractivity contribution in [2.75, 3.05) is 0 Å². The van der Waals surface area contributed by atoms with Gasteiger partial charge in [0, 0.05) is 18.3 Å². The first-order valence-corrected chi connectivity index (χ1v) is 13.3.